The summed E-state index contributed by atoms with van der Waals surface area (Å²) in [6.07, 6.45) is 8.87. The summed E-state index contributed by atoms with van der Waals surface area (Å²) in [7, 11) is 0. The maximum absolute atomic E-state index is 6.49. The van der Waals surface area contributed by atoms with Crippen LogP contribution in [0.1, 0.15) is 42.5 Å². The van der Waals surface area contributed by atoms with Gasteiger partial charge >= 0.3 is 0 Å². The van der Waals surface area contributed by atoms with E-state index in [1.54, 1.807) is 0 Å². The van der Waals surface area contributed by atoms with Gasteiger partial charge in [-0.3, -0.25) is 10.1 Å². The molecule has 106 valence electrons. The summed E-state index contributed by atoms with van der Waals surface area (Å²) in [5, 5.41) is 9.78. The third kappa shape index (κ3) is 1.54. The van der Waals surface area contributed by atoms with Gasteiger partial charge in [0.15, 0.2) is 0 Å². The van der Waals surface area contributed by atoms with Crippen LogP contribution in [0, 0.1) is 0 Å². The Morgan fingerprint density at radius 1 is 1.10 bits per heavy atom. The molecule has 3 N–H and O–H groups in total. The van der Waals surface area contributed by atoms with Gasteiger partial charge < -0.3 is 5.73 Å². The van der Waals surface area contributed by atoms with Crippen LogP contribution in [0.3, 0.4) is 0 Å². The van der Waals surface area contributed by atoms with E-state index in [0.717, 1.165) is 36.7 Å². The van der Waals surface area contributed by atoms with E-state index in [4.69, 9.17) is 10.7 Å². The van der Waals surface area contributed by atoms with Gasteiger partial charge in [-0.1, -0.05) is 0 Å². The van der Waals surface area contributed by atoms with Crippen LogP contribution < -0.4 is 5.73 Å². The van der Waals surface area contributed by atoms with Gasteiger partial charge in [0, 0.05) is 10.8 Å². The average molecular weight is 278 g/mol. The van der Waals surface area contributed by atoms with Crippen molar-refractivity contribution in [2.24, 2.45) is 5.73 Å². The standard InChI is InChI=1S/C17H18N4/c18-17(7-8-17)16-11-4-2-1-3-10(11)15-12-9-19-21-13(12)5-6-14(15)20-16/h5-6,9H,1-4,7-8,18H2,(H,19,21). The fourth-order valence-corrected chi connectivity index (χ4v) is 3.83. The fraction of sp³-hybridized carbons (Fsp3) is 0.412. The summed E-state index contributed by atoms with van der Waals surface area (Å²) < 4.78 is 0. The molecule has 1 aromatic carbocycles. The minimum Gasteiger partial charge on any atom is -0.320 e. The molecule has 0 radical (unpaired) electrons. The highest BCUT2D eigenvalue weighted by Crippen LogP contribution is 2.46. The number of benzene rings is 1. The third-order valence-corrected chi connectivity index (χ3v) is 5.15. The quantitative estimate of drug-likeness (QED) is 0.719. The van der Waals surface area contributed by atoms with Crippen molar-refractivity contribution in [2.45, 2.75) is 44.1 Å². The van der Waals surface area contributed by atoms with Crippen LogP contribution in [0.4, 0.5) is 0 Å². The molecule has 1 fully saturated rings. The van der Waals surface area contributed by atoms with Crippen LogP contribution in [0.2, 0.25) is 0 Å². The lowest BCUT2D eigenvalue weighted by Crippen LogP contribution is -2.24. The van der Waals surface area contributed by atoms with Crippen molar-refractivity contribution < 1.29 is 0 Å². The number of aromatic amines is 1. The SMILES string of the molecule is NC1(c2nc3ccc4[nH]ncc4c3c3c2CCCC3)CC1. The Labute approximate surface area is 122 Å². The molecule has 0 aliphatic heterocycles. The zero-order valence-corrected chi connectivity index (χ0v) is 11.9. The first kappa shape index (κ1) is 11.7. The Balaban J connectivity index is 1.95. The number of nitrogens with two attached hydrogens (primary N) is 1. The number of fused-ring (bicyclic) bond motifs is 5. The molecule has 4 heteroatoms. The van der Waals surface area contributed by atoms with Gasteiger partial charge in [-0.05, 0) is 61.8 Å². The number of hydrogen-bond donors (Lipinski definition) is 2. The number of nitrogens with zero attached hydrogens (tertiary/aromatic N) is 2. The molecule has 0 unspecified atom stereocenters. The van der Waals surface area contributed by atoms with Gasteiger partial charge in [0.25, 0.3) is 0 Å². The fourth-order valence-electron chi connectivity index (χ4n) is 3.83. The number of H-pyrrole nitrogens is 1. The van der Waals surface area contributed by atoms with Crippen LogP contribution >= 0.6 is 0 Å². The number of hydrogen-bond acceptors (Lipinski definition) is 3. The molecule has 2 aliphatic carbocycles. The Hall–Kier alpha value is -1.94. The average Bonchev–Trinajstić information content (AvgIpc) is 3.09. The summed E-state index contributed by atoms with van der Waals surface area (Å²) in [6, 6.07) is 4.19. The molecular formula is C17H18N4. The summed E-state index contributed by atoms with van der Waals surface area (Å²) in [5.74, 6) is 0. The normalized spacial score (nSPS) is 19.9. The summed E-state index contributed by atoms with van der Waals surface area (Å²) in [6.45, 7) is 0. The van der Waals surface area contributed by atoms with Gasteiger partial charge in [0.1, 0.15) is 0 Å². The van der Waals surface area contributed by atoms with E-state index < -0.39 is 0 Å². The first-order valence-corrected chi connectivity index (χ1v) is 7.83. The van der Waals surface area contributed by atoms with E-state index in [2.05, 4.69) is 22.3 Å². The molecule has 2 aliphatic rings. The molecule has 1 saturated carbocycles. The molecule has 0 amide bonds. The number of aryl methyl sites for hydroxylation is 1. The zero-order chi connectivity index (χ0) is 14.0. The lowest BCUT2D eigenvalue weighted by Gasteiger charge is -2.24. The highest BCUT2D eigenvalue weighted by Gasteiger charge is 2.44. The van der Waals surface area contributed by atoms with Gasteiger partial charge in [-0.25, -0.2) is 0 Å². The lowest BCUT2D eigenvalue weighted by molar-refractivity contribution is 0.640. The Kier molecular flexibility index (Phi) is 2.13. The Bertz CT molecular complexity index is 873. The molecule has 2 aromatic heterocycles. The predicted octanol–water partition coefficient (Wildman–Crippen LogP) is 2.94. The maximum Gasteiger partial charge on any atom is 0.0717 e. The highest BCUT2D eigenvalue weighted by atomic mass is 15.1. The molecule has 0 bridgehead atoms. The molecule has 3 aromatic rings. The number of nitrogens with one attached hydrogen (secondary N) is 1. The van der Waals surface area contributed by atoms with Gasteiger partial charge in [0.2, 0.25) is 0 Å². The van der Waals surface area contributed by atoms with E-state index in [1.807, 2.05) is 6.20 Å². The molecule has 2 heterocycles. The number of aromatic nitrogens is 3. The van der Waals surface area contributed by atoms with Crippen molar-refractivity contribution >= 4 is 21.8 Å². The highest BCUT2D eigenvalue weighted by molar-refractivity contribution is 6.07. The largest absolute Gasteiger partial charge is 0.320 e. The Morgan fingerprint density at radius 2 is 1.90 bits per heavy atom. The lowest BCUT2D eigenvalue weighted by atomic mass is 9.85. The van der Waals surface area contributed by atoms with Crippen molar-refractivity contribution in [2.75, 3.05) is 0 Å². The van der Waals surface area contributed by atoms with Gasteiger partial charge in [-0.2, -0.15) is 5.10 Å². The summed E-state index contributed by atoms with van der Waals surface area (Å²) >= 11 is 0. The Morgan fingerprint density at radius 3 is 2.71 bits per heavy atom. The van der Waals surface area contributed by atoms with Crippen molar-refractivity contribution in [3.05, 3.63) is 35.2 Å². The second-order valence-electron chi connectivity index (χ2n) is 6.57. The smallest absolute Gasteiger partial charge is 0.0717 e. The first-order chi connectivity index (χ1) is 10.3. The monoisotopic (exact) mass is 278 g/mol. The molecule has 5 rings (SSSR count). The van der Waals surface area contributed by atoms with E-state index in [0.29, 0.717) is 0 Å². The zero-order valence-electron chi connectivity index (χ0n) is 11.9. The number of pyridine rings is 1. The molecule has 4 nitrogen and oxygen atoms in total. The van der Waals surface area contributed by atoms with Crippen LogP contribution in [0.25, 0.3) is 21.8 Å². The molecule has 0 saturated heterocycles. The predicted molar refractivity (Wildman–Crippen MR) is 83.1 cm³/mol. The van der Waals surface area contributed by atoms with Crippen LogP contribution in [0.5, 0.6) is 0 Å². The second kappa shape index (κ2) is 3.83. The van der Waals surface area contributed by atoms with E-state index in [-0.39, 0.29) is 5.54 Å². The van der Waals surface area contributed by atoms with E-state index in [1.165, 1.54) is 40.4 Å². The van der Waals surface area contributed by atoms with Crippen molar-refractivity contribution in [3.8, 4) is 0 Å². The molecular weight excluding hydrogens is 260 g/mol. The van der Waals surface area contributed by atoms with Crippen molar-refractivity contribution in [1.82, 2.24) is 15.2 Å². The first-order valence-electron chi connectivity index (χ1n) is 7.83. The van der Waals surface area contributed by atoms with Crippen LogP contribution in [-0.4, -0.2) is 15.2 Å². The molecule has 0 atom stereocenters. The summed E-state index contributed by atoms with van der Waals surface area (Å²) in [5.41, 5.74) is 12.6. The minimum absolute atomic E-state index is 0.152. The van der Waals surface area contributed by atoms with E-state index >= 15 is 0 Å². The number of rotatable bonds is 1. The second-order valence-corrected chi connectivity index (χ2v) is 6.57. The van der Waals surface area contributed by atoms with Crippen LogP contribution in [-0.2, 0) is 18.4 Å². The van der Waals surface area contributed by atoms with Gasteiger partial charge in [0.05, 0.1) is 28.5 Å². The molecule has 21 heavy (non-hydrogen) atoms. The maximum atomic E-state index is 6.49. The van der Waals surface area contributed by atoms with Crippen molar-refractivity contribution in [3.63, 3.8) is 0 Å². The summed E-state index contributed by atoms with van der Waals surface area (Å²) in [4.78, 5) is 4.99. The van der Waals surface area contributed by atoms with Gasteiger partial charge in [-0.15, -0.1) is 0 Å². The molecule has 0 spiro atoms. The van der Waals surface area contributed by atoms with Crippen LogP contribution in [0.15, 0.2) is 18.3 Å². The van der Waals surface area contributed by atoms with Crippen molar-refractivity contribution in [1.29, 1.82) is 0 Å². The topological polar surface area (TPSA) is 67.6 Å². The minimum atomic E-state index is -0.152. The van der Waals surface area contributed by atoms with E-state index in [9.17, 15) is 0 Å². The third-order valence-electron chi connectivity index (χ3n) is 5.15.